The highest BCUT2D eigenvalue weighted by atomic mass is 32.1. The van der Waals surface area contributed by atoms with E-state index < -0.39 is 5.82 Å². The van der Waals surface area contributed by atoms with Gasteiger partial charge >= 0.3 is 0 Å². The van der Waals surface area contributed by atoms with Crippen molar-refractivity contribution in [2.75, 3.05) is 0 Å². The van der Waals surface area contributed by atoms with Crippen LogP contribution in [-0.2, 0) is 6.42 Å². The van der Waals surface area contributed by atoms with Gasteiger partial charge in [-0.15, -0.1) is 11.3 Å². The van der Waals surface area contributed by atoms with E-state index in [0.29, 0.717) is 32.3 Å². The Kier molecular flexibility index (Phi) is 3.52. The minimum absolute atomic E-state index is 0.000479. The van der Waals surface area contributed by atoms with E-state index in [4.69, 9.17) is 5.26 Å². The monoisotopic (exact) mass is 350 g/mol. The molecule has 6 heteroatoms. The molecular formula is C19H11FN2O2S. The lowest BCUT2D eigenvalue weighted by Crippen LogP contribution is -2.04. The van der Waals surface area contributed by atoms with Gasteiger partial charge in [-0.05, 0) is 35.2 Å². The molecule has 122 valence electrons. The van der Waals surface area contributed by atoms with Crippen LogP contribution in [0.5, 0.6) is 5.75 Å². The second kappa shape index (κ2) is 5.72. The first-order chi connectivity index (χ1) is 12.1. The van der Waals surface area contributed by atoms with Crippen molar-refractivity contribution in [1.82, 2.24) is 4.98 Å². The van der Waals surface area contributed by atoms with Crippen LogP contribution in [0.4, 0.5) is 4.39 Å². The Hall–Kier alpha value is -3.17. The van der Waals surface area contributed by atoms with Crippen molar-refractivity contribution in [1.29, 1.82) is 5.26 Å². The molecule has 0 saturated heterocycles. The number of nitriles is 1. The molecule has 0 spiro atoms. The average Bonchev–Trinajstić information content (AvgIpc) is 3.08. The summed E-state index contributed by atoms with van der Waals surface area (Å²) in [5.41, 5.74) is 1.64. The first-order valence-electron chi connectivity index (χ1n) is 7.51. The number of rotatable bonds is 2. The zero-order valence-electron chi connectivity index (χ0n) is 12.8. The number of aromatic amines is 1. The molecule has 2 N–H and O–H groups in total. The van der Waals surface area contributed by atoms with Crippen LogP contribution in [0.2, 0.25) is 0 Å². The molecule has 0 aliphatic heterocycles. The third kappa shape index (κ3) is 2.37. The maximum Gasteiger partial charge on any atom is 0.266 e. The second-order valence-electron chi connectivity index (χ2n) is 5.64. The summed E-state index contributed by atoms with van der Waals surface area (Å²) in [4.78, 5) is 15.0. The molecule has 4 nitrogen and oxygen atoms in total. The van der Waals surface area contributed by atoms with Gasteiger partial charge in [-0.2, -0.15) is 5.26 Å². The number of pyridine rings is 1. The fourth-order valence-corrected chi connectivity index (χ4v) is 3.86. The van der Waals surface area contributed by atoms with Gasteiger partial charge in [0.15, 0.2) is 0 Å². The highest BCUT2D eigenvalue weighted by Gasteiger charge is 2.16. The summed E-state index contributed by atoms with van der Waals surface area (Å²) in [6.45, 7) is 0. The van der Waals surface area contributed by atoms with Crippen molar-refractivity contribution < 1.29 is 9.50 Å². The third-order valence-electron chi connectivity index (χ3n) is 4.18. The van der Waals surface area contributed by atoms with Gasteiger partial charge in [-0.1, -0.05) is 12.1 Å². The van der Waals surface area contributed by atoms with Crippen LogP contribution in [0.1, 0.15) is 5.56 Å². The maximum atomic E-state index is 14.3. The van der Waals surface area contributed by atoms with Gasteiger partial charge in [0.1, 0.15) is 16.3 Å². The van der Waals surface area contributed by atoms with Gasteiger partial charge < -0.3 is 10.1 Å². The van der Waals surface area contributed by atoms with E-state index in [1.807, 2.05) is 17.5 Å². The van der Waals surface area contributed by atoms with Gasteiger partial charge in [-0.3, -0.25) is 4.79 Å². The molecule has 2 aromatic carbocycles. The number of phenolic OH excluding ortho intramolecular Hbond substituents is 1. The van der Waals surface area contributed by atoms with Crippen molar-refractivity contribution in [3.05, 3.63) is 63.5 Å². The molecular weight excluding hydrogens is 339 g/mol. The number of hydrogen-bond acceptors (Lipinski definition) is 4. The molecule has 0 aliphatic carbocycles. The number of fused-ring (bicyclic) bond motifs is 3. The largest absolute Gasteiger partial charge is 0.507 e. The lowest BCUT2D eigenvalue weighted by Gasteiger charge is -2.11. The van der Waals surface area contributed by atoms with Crippen LogP contribution in [0, 0.1) is 17.1 Å². The highest BCUT2D eigenvalue weighted by molar-refractivity contribution is 7.17. The number of hydrogen-bond donors (Lipinski definition) is 2. The summed E-state index contributed by atoms with van der Waals surface area (Å²) in [6.07, 6.45) is -0.0181. The lowest BCUT2D eigenvalue weighted by atomic mass is 9.96. The fraction of sp³-hybridized carbons (Fsp3) is 0.0526. The number of H-pyrrole nitrogens is 1. The van der Waals surface area contributed by atoms with Crippen LogP contribution in [-0.4, -0.2) is 10.1 Å². The minimum Gasteiger partial charge on any atom is -0.507 e. The smallest absolute Gasteiger partial charge is 0.266 e. The first kappa shape index (κ1) is 15.4. The van der Waals surface area contributed by atoms with E-state index in [2.05, 4.69) is 4.98 Å². The van der Waals surface area contributed by atoms with E-state index in [-0.39, 0.29) is 17.7 Å². The maximum absolute atomic E-state index is 14.3. The Morgan fingerprint density at radius 2 is 2.08 bits per heavy atom. The SMILES string of the molecule is N#CCc1ccc(-c2c(O)ccc3[nH]c(=O)c4sccc4c23)cc1F. The van der Waals surface area contributed by atoms with Gasteiger partial charge in [0.2, 0.25) is 0 Å². The summed E-state index contributed by atoms with van der Waals surface area (Å²) >= 11 is 1.32. The average molecular weight is 350 g/mol. The number of thiophene rings is 1. The first-order valence-corrected chi connectivity index (χ1v) is 8.39. The van der Waals surface area contributed by atoms with E-state index >= 15 is 0 Å². The molecule has 0 atom stereocenters. The van der Waals surface area contributed by atoms with Crippen molar-refractivity contribution in [3.63, 3.8) is 0 Å². The van der Waals surface area contributed by atoms with Crippen molar-refractivity contribution >= 4 is 32.3 Å². The Bertz CT molecular complexity index is 1230. The molecule has 0 fully saturated rings. The molecule has 0 amide bonds. The van der Waals surface area contributed by atoms with Crippen LogP contribution in [0.3, 0.4) is 0 Å². The quantitative estimate of drug-likeness (QED) is 0.565. The molecule has 0 unspecified atom stereocenters. The Labute approximate surface area is 145 Å². The molecule has 25 heavy (non-hydrogen) atoms. The number of aromatic nitrogens is 1. The summed E-state index contributed by atoms with van der Waals surface area (Å²) in [7, 11) is 0. The number of halogens is 1. The topological polar surface area (TPSA) is 76.9 Å². The van der Waals surface area contributed by atoms with E-state index in [0.717, 1.165) is 5.39 Å². The number of aromatic hydroxyl groups is 1. The third-order valence-corrected chi connectivity index (χ3v) is 5.10. The van der Waals surface area contributed by atoms with Crippen molar-refractivity contribution in [3.8, 4) is 22.9 Å². The molecule has 4 aromatic rings. The van der Waals surface area contributed by atoms with Crippen LogP contribution >= 0.6 is 11.3 Å². The normalized spacial score (nSPS) is 11.0. The molecule has 0 radical (unpaired) electrons. The van der Waals surface area contributed by atoms with Gasteiger partial charge in [0.25, 0.3) is 5.56 Å². The molecule has 0 aliphatic rings. The van der Waals surface area contributed by atoms with Crippen LogP contribution in [0.15, 0.2) is 46.6 Å². The number of nitrogens with one attached hydrogen (secondary N) is 1. The van der Waals surface area contributed by atoms with Gasteiger partial charge in [-0.25, -0.2) is 4.39 Å². The Balaban J connectivity index is 2.10. The van der Waals surface area contributed by atoms with E-state index in [1.165, 1.54) is 23.5 Å². The zero-order valence-corrected chi connectivity index (χ0v) is 13.7. The highest BCUT2D eigenvalue weighted by Crippen LogP contribution is 2.40. The van der Waals surface area contributed by atoms with Crippen molar-refractivity contribution in [2.45, 2.75) is 6.42 Å². The zero-order chi connectivity index (χ0) is 17.6. The molecule has 4 rings (SSSR count). The lowest BCUT2D eigenvalue weighted by molar-refractivity contribution is 0.478. The Morgan fingerprint density at radius 3 is 2.84 bits per heavy atom. The Morgan fingerprint density at radius 1 is 1.24 bits per heavy atom. The van der Waals surface area contributed by atoms with Crippen molar-refractivity contribution in [2.24, 2.45) is 0 Å². The predicted octanol–water partition coefficient (Wildman–Crippen LogP) is 4.32. The van der Waals surface area contributed by atoms with E-state index in [1.54, 1.807) is 18.2 Å². The molecule has 0 saturated carbocycles. The number of phenols is 1. The summed E-state index contributed by atoms with van der Waals surface area (Å²) in [5, 5.41) is 22.4. The van der Waals surface area contributed by atoms with Crippen LogP contribution in [0.25, 0.3) is 32.1 Å². The molecule has 0 bridgehead atoms. The number of nitrogens with zero attached hydrogens (tertiary/aromatic N) is 1. The van der Waals surface area contributed by atoms with Gasteiger partial charge in [0.05, 0.1) is 12.5 Å². The minimum atomic E-state index is -0.499. The molecule has 2 heterocycles. The summed E-state index contributed by atoms with van der Waals surface area (Å²) < 4.78 is 14.8. The van der Waals surface area contributed by atoms with Gasteiger partial charge in [0, 0.05) is 27.4 Å². The standard InChI is InChI=1S/C19H11FN2O2S/c20-13-9-11(2-1-10(13)5-7-21)16-15(23)4-3-14-17(16)12-6-8-25-18(12)19(24)22-14/h1-4,6,8-9,23H,5H2,(H,22,24). The number of benzene rings is 2. The molecule has 2 aromatic heterocycles. The summed E-state index contributed by atoms with van der Waals surface area (Å²) in [6, 6.07) is 11.4. The summed E-state index contributed by atoms with van der Waals surface area (Å²) in [5.74, 6) is -0.499. The van der Waals surface area contributed by atoms with Crippen LogP contribution < -0.4 is 5.56 Å². The predicted molar refractivity (Wildman–Crippen MR) is 96.3 cm³/mol. The van der Waals surface area contributed by atoms with E-state index in [9.17, 15) is 14.3 Å². The second-order valence-corrected chi connectivity index (χ2v) is 6.56. The fourth-order valence-electron chi connectivity index (χ4n) is 3.06.